The van der Waals surface area contributed by atoms with Gasteiger partial charge in [0.2, 0.25) is 5.91 Å². The van der Waals surface area contributed by atoms with E-state index in [1.54, 1.807) is 4.90 Å². The van der Waals surface area contributed by atoms with Crippen molar-refractivity contribution in [1.82, 2.24) is 9.88 Å². The Morgan fingerprint density at radius 1 is 1.29 bits per heavy atom. The smallest absolute Gasteiger partial charge is 0.270 e. The summed E-state index contributed by atoms with van der Waals surface area (Å²) >= 11 is 0. The maximum atomic E-state index is 12.5. The van der Waals surface area contributed by atoms with Crippen LogP contribution in [0.5, 0.6) is 0 Å². The van der Waals surface area contributed by atoms with Crippen molar-refractivity contribution in [3.05, 3.63) is 35.5 Å². The highest BCUT2D eigenvalue weighted by atomic mass is 16.2. The van der Waals surface area contributed by atoms with Crippen LogP contribution in [0.15, 0.2) is 24.3 Å². The lowest BCUT2D eigenvalue weighted by molar-refractivity contribution is -0.123. The van der Waals surface area contributed by atoms with Crippen molar-refractivity contribution in [1.29, 1.82) is 0 Å². The second-order valence-corrected chi connectivity index (χ2v) is 5.69. The van der Waals surface area contributed by atoms with Crippen molar-refractivity contribution >= 4 is 22.7 Å². The first-order valence-electron chi connectivity index (χ1n) is 7.23. The van der Waals surface area contributed by atoms with Gasteiger partial charge in [-0.15, -0.1) is 0 Å². The summed E-state index contributed by atoms with van der Waals surface area (Å²) in [7, 11) is 0. The molecule has 21 heavy (non-hydrogen) atoms. The number of hydrogen-bond donors (Lipinski definition) is 2. The number of carbonyl (C=O) groups is 2. The Bertz CT molecular complexity index is 697. The highest BCUT2D eigenvalue weighted by Gasteiger charge is 2.27. The van der Waals surface area contributed by atoms with Crippen LogP contribution in [0.4, 0.5) is 0 Å². The van der Waals surface area contributed by atoms with E-state index in [4.69, 9.17) is 5.73 Å². The van der Waals surface area contributed by atoms with E-state index in [-0.39, 0.29) is 17.7 Å². The van der Waals surface area contributed by atoms with Crippen molar-refractivity contribution in [2.75, 3.05) is 13.1 Å². The Hall–Kier alpha value is -2.30. The van der Waals surface area contributed by atoms with Gasteiger partial charge in [-0.2, -0.15) is 0 Å². The molecule has 0 unspecified atom stereocenters. The van der Waals surface area contributed by atoms with Gasteiger partial charge >= 0.3 is 0 Å². The van der Waals surface area contributed by atoms with Crippen LogP contribution in [0, 0.1) is 12.8 Å². The number of carbonyl (C=O) groups excluding carboxylic acids is 2. The Labute approximate surface area is 123 Å². The number of aromatic nitrogens is 1. The molecule has 1 saturated heterocycles. The van der Waals surface area contributed by atoms with Gasteiger partial charge in [0.25, 0.3) is 5.91 Å². The van der Waals surface area contributed by atoms with Gasteiger partial charge in [0.15, 0.2) is 0 Å². The number of aromatic amines is 1. The number of rotatable bonds is 2. The number of fused-ring (bicyclic) bond motifs is 1. The molecule has 1 aromatic carbocycles. The van der Waals surface area contributed by atoms with Crippen molar-refractivity contribution in [2.45, 2.75) is 19.8 Å². The zero-order valence-corrected chi connectivity index (χ0v) is 12.1. The second-order valence-electron chi connectivity index (χ2n) is 5.69. The Morgan fingerprint density at radius 2 is 2.00 bits per heavy atom. The van der Waals surface area contributed by atoms with E-state index < -0.39 is 0 Å². The number of amides is 2. The van der Waals surface area contributed by atoms with E-state index in [1.807, 2.05) is 31.2 Å². The first-order chi connectivity index (χ1) is 10.1. The van der Waals surface area contributed by atoms with E-state index >= 15 is 0 Å². The summed E-state index contributed by atoms with van der Waals surface area (Å²) in [5, 5.41) is 1.05. The monoisotopic (exact) mass is 285 g/mol. The van der Waals surface area contributed by atoms with Gasteiger partial charge in [-0.25, -0.2) is 0 Å². The molecule has 2 amide bonds. The van der Waals surface area contributed by atoms with Gasteiger partial charge in [-0.05, 0) is 31.4 Å². The molecule has 0 aliphatic carbocycles. The quantitative estimate of drug-likeness (QED) is 0.882. The lowest BCUT2D eigenvalue weighted by atomic mass is 9.96. The van der Waals surface area contributed by atoms with E-state index in [2.05, 4.69) is 4.98 Å². The average Bonchev–Trinajstić information content (AvgIpc) is 2.92. The van der Waals surface area contributed by atoms with Crippen LogP contribution >= 0.6 is 0 Å². The third kappa shape index (κ3) is 2.51. The number of likely N-dealkylation sites (tertiary alicyclic amines) is 1. The molecule has 5 nitrogen and oxygen atoms in total. The normalized spacial score (nSPS) is 16.3. The Balaban J connectivity index is 1.78. The standard InChI is InChI=1S/C16H19N3O2/c1-10-3-2-4-12-9-13(18-14(10)12)16(21)19-7-5-11(6-8-19)15(17)20/h2-4,9,11,18H,5-8H2,1H3,(H2,17,20). The molecule has 1 fully saturated rings. The summed E-state index contributed by atoms with van der Waals surface area (Å²) in [6.45, 7) is 3.19. The fraction of sp³-hybridized carbons (Fsp3) is 0.375. The topological polar surface area (TPSA) is 79.2 Å². The predicted molar refractivity (Wildman–Crippen MR) is 80.9 cm³/mol. The van der Waals surface area contributed by atoms with Crippen molar-refractivity contribution in [3.8, 4) is 0 Å². The Kier molecular flexibility index (Phi) is 3.41. The van der Waals surface area contributed by atoms with Gasteiger partial charge in [0, 0.05) is 29.9 Å². The summed E-state index contributed by atoms with van der Waals surface area (Å²) in [4.78, 5) is 28.7. The SMILES string of the molecule is Cc1cccc2cc(C(=O)N3CCC(C(N)=O)CC3)[nH]c12. The van der Waals surface area contributed by atoms with Gasteiger partial charge in [-0.3, -0.25) is 9.59 Å². The minimum atomic E-state index is -0.261. The van der Waals surface area contributed by atoms with Crippen molar-refractivity contribution in [2.24, 2.45) is 11.7 Å². The zero-order chi connectivity index (χ0) is 15.0. The first kappa shape index (κ1) is 13.7. The molecule has 3 rings (SSSR count). The fourth-order valence-electron chi connectivity index (χ4n) is 2.96. The molecular formula is C16H19N3O2. The number of nitrogens with two attached hydrogens (primary N) is 1. The van der Waals surface area contributed by atoms with Crippen LogP contribution in [-0.2, 0) is 4.79 Å². The molecule has 3 N–H and O–H groups in total. The molecule has 0 atom stereocenters. The number of nitrogens with one attached hydrogen (secondary N) is 1. The lowest BCUT2D eigenvalue weighted by Crippen LogP contribution is -2.41. The number of aryl methyl sites for hydroxylation is 1. The van der Waals surface area contributed by atoms with Gasteiger partial charge in [0.05, 0.1) is 0 Å². The maximum absolute atomic E-state index is 12.5. The predicted octanol–water partition coefficient (Wildman–Crippen LogP) is 1.81. The molecule has 0 saturated carbocycles. The number of hydrogen-bond acceptors (Lipinski definition) is 2. The summed E-state index contributed by atoms with van der Waals surface area (Å²) in [5.74, 6) is -0.365. The van der Waals surface area contributed by atoms with Crippen molar-refractivity contribution in [3.63, 3.8) is 0 Å². The molecular weight excluding hydrogens is 266 g/mol. The number of nitrogens with zero attached hydrogens (tertiary/aromatic N) is 1. The molecule has 5 heteroatoms. The van der Waals surface area contributed by atoms with E-state index in [9.17, 15) is 9.59 Å². The number of piperidine rings is 1. The van der Waals surface area contributed by atoms with Crippen LogP contribution in [-0.4, -0.2) is 34.8 Å². The third-order valence-corrected chi connectivity index (χ3v) is 4.28. The molecule has 0 spiro atoms. The minimum Gasteiger partial charge on any atom is -0.369 e. The lowest BCUT2D eigenvalue weighted by Gasteiger charge is -2.30. The molecule has 2 heterocycles. The zero-order valence-electron chi connectivity index (χ0n) is 12.1. The molecule has 2 aromatic rings. The largest absolute Gasteiger partial charge is 0.369 e. The second kappa shape index (κ2) is 5.24. The average molecular weight is 285 g/mol. The molecule has 0 bridgehead atoms. The fourth-order valence-corrected chi connectivity index (χ4v) is 2.96. The Morgan fingerprint density at radius 3 is 2.62 bits per heavy atom. The van der Waals surface area contributed by atoms with Gasteiger partial charge in [-0.1, -0.05) is 18.2 Å². The summed E-state index contributed by atoms with van der Waals surface area (Å²) in [5.41, 5.74) is 8.06. The van der Waals surface area contributed by atoms with E-state index in [1.165, 1.54) is 0 Å². The highest BCUT2D eigenvalue weighted by Crippen LogP contribution is 2.22. The molecule has 1 aromatic heterocycles. The van der Waals surface area contributed by atoms with Crippen LogP contribution in [0.1, 0.15) is 28.9 Å². The number of benzene rings is 1. The number of H-pyrrole nitrogens is 1. The van der Waals surface area contributed by atoms with Crippen LogP contribution < -0.4 is 5.73 Å². The summed E-state index contributed by atoms with van der Waals surface area (Å²) in [6, 6.07) is 7.89. The molecule has 110 valence electrons. The van der Waals surface area contributed by atoms with Crippen LogP contribution in [0.3, 0.4) is 0 Å². The maximum Gasteiger partial charge on any atom is 0.270 e. The van der Waals surface area contributed by atoms with E-state index in [0.29, 0.717) is 31.6 Å². The summed E-state index contributed by atoms with van der Waals surface area (Å²) in [6.07, 6.45) is 1.31. The molecule has 0 radical (unpaired) electrons. The minimum absolute atomic E-state index is 0.00600. The highest BCUT2D eigenvalue weighted by molar-refractivity contribution is 5.98. The van der Waals surface area contributed by atoms with Crippen LogP contribution in [0.2, 0.25) is 0 Å². The number of para-hydroxylation sites is 1. The molecule has 1 aliphatic heterocycles. The van der Waals surface area contributed by atoms with Gasteiger partial charge in [0.1, 0.15) is 5.69 Å². The number of primary amides is 1. The van der Waals surface area contributed by atoms with Gasteiger partial charge < -0.3 is 15.6 Å². The first-order valence-corrected chi connectivity index (χ1v) is 7.23. The third-order valence-electron chi connectivity index (χ3n) is 4.28. The van der Waals surface area contributed by atoms with Crippen molar-refractivity contribution < 1.29 is 9.59 Å². The summed E-state index contributed by atoms with van der Waals surface area (Å²) < 4.78 is 0. The molecule has 1 aliphatic rings. The van der Waals surface area contributed by atoms with E-state index in [0.717, 1.165) is 16.5 Å². The van der Waals surface area contributed by atoms with Crippen LogP contribution in [0.25, 0.3) is 10.9 Å².